The van der Waals surface area contributed by atoms with Gasteiger partial charge in [0.1, 0.15) is 0 Å². The molecule has 1 aromatic heterocycles. The summed E-state index contributed by atoms with van der Waals surface area (Å²) in [6, 6.07) is 6.28. The van der Waals surface area contributed by atoms with Gasteiger partial charge in [-0.2, -0.15) is 0 Å². The van der Waals surface area contributed by atoms with Crippen molar-refractivity contribution in [1.29, 1.82) is 0 Å². The van der Waals surface area contributed by atoms with E-state index in [1.165, 1.54) is 11.1 Å². The molecule has 0 unspecified atom stereocenters. The lowest BCUT2D eigenvalue weighted by Crippen LogP contribution is -2.09. The highest BCUT2D eigenvalue weighted by Crippen LogP contribution is 2.48. The molecule has 1 heterocycles. The molecule has 4 heteroatoms. The van der Waals surface area contributed by atoms with E-state index in [0.717, 1.165) is 34.4 Å². The zero-order valence-corrected chi connectivity index (χ0v) is 13.2. The van der Waals surface area contributed by atoms with Crippen LogP contribution in [0.5, 0.6) is 0 Å². The summed E-state index contributed by atoms with van der Waals surface area (Å²) in [6.07, 6.45) is 3.18. The van der Waals surface area contributed by atoms with Gasteiger partial charge in [0.2, 0.25) is 0 Å². The third-order valence-electron chi connectivity index (χ3n) is 3.85. The van der Waals surface area contributed by atoms with Gasteiger partial charge >= 0.3 is 0 Å². The van der Waals surface area contributed by atoms with Crippen LogP contribution in [-0.4, -0.2) is 16.7 Å². The van der Waals surface area contributed by atoms with Gasteiger partial charge in [-0.25, -0.2) is 4.98 Å². The van der Waals surface area contributed by atoms with E-state index in [2.05, 4.69) is 46.4 Å². The van der Waals surface area contributed by atoms with E-state index < -0.39 is 0 Å². The first-order valence-electron chi connectivity index (χ1n) is 6.44. The van der Waals surface area contributed by atoms with E-state index in [1.54, 1.807) is 11.3 Å². The molecule has 0 aliphatic heterocycles. The molecule has 1 aliphatic rings. The number of hydrogen-bond acceptors (Lipinski definition) is 3. The number of benzene rings is 1. The molecule has 0 bridgehead atoms. The van der Waals surface area contributed by atoms with Crippen molar-refractivity contribution in [2.24, 2.45) is 5.41 Å². The van der Waals surface area contributed by atoms with Crippen molar-refractivity contribution in [2.75, 3.05) is 6.61 Å². The van der Waals surface area contributed by atoms with Gasteiger partial charge in [0.15, 0.2) is 0 Å². The van der Waals surface area contributed by atoms with Crippen LogP contribution in [0.2, 0.25) is 0 Å². The number of hydrogen-bond donors (Lipinski definition) is 1. The Morgan fingerprint density at radius 1 is 1.42 bits per heavy atom. The number of aryl methyl sites for hydroxylation is 1. The summed E-state index contributed by atoms with van der Waals surface area (Å²) in [5, 5.41) is 12.7. The van der Waals surface area contributed by atoms with Crippen molar-refractivity contribution in [3.63, 3.8) is 0 Å². The maximum Gasteiger partial charge on any atom is 0.0939 e. The zero-order chi connectivity index (χ0) is 13.5. The molecule has 100 valence electrons. The molecule has 2 aromatic rings. The maximum absolute atomic E-state index is 9.39. The quantitative estimate of drug-likeness (QED) is 0.906. The Kier molecular flexibility index (Phi) is 3.50. The standard InChI is InChI=1S/C15H16BrNOS/c1-10-2-3-11(16)6-12(10)13-8-19-14(17-13)7-15(9-18)4-5-15/h2-3,6,8,18H,4-5,7,9H2,1H3. The second-order valence-corrected chi connectivity index (χ2v) is 7.28. The Hall–Kier alpha value is -0.710. The first-order chi connectivity index (χ1) is 9.12. The van der Waals surface area contributed by atoms with E-state index in [4.69, 9.17) is 4.98 Å². The highest BCUT2D eigenvalue weighted by Gasteiger charge is 2.42. The van der Waals surface area contributed by atoms with Gasteiger partial charge in [-0.3, -0.25) is 0 Å². The number of thiazole rings is 1. The zero-order valence-electron chi connectivity index (χ0n) is 10.8. The number of halogens is 1. The van der Waals surface area contributed by atoms with Gasteiger partial charge in [-0.05, 0) is 42.9 Å². The van der Waals surface area contributed by atoms with Crippen LogP contribution in [0, 0.1) is 12.3 Å². The van der Waals surface area contributed by atoms with E-state index in [0.29, 0.717) is 0 Å². The fourth-order valence-electron chi connectivity index (χ4n) is 2.27. The van der Waals surface area contributed by atoms with Crippen molar-refractivity contribution in [1.82, 2.24) is 4.98 Å². The minimum Gasteiger partial charge on any atom is -0.396 e. The average Bonchev–Trinajstić information content (AvgIpc) is 3.02. The summed E-state index contributed by atoms with van der Waals surface area (Å²) in [5.41, 5.74) is 3.61. The number of aliphatic hydroxyl groups is 1. The van der Waals surface area contributed by atoms with Gasteiger partial charge < -0.3 is 5.11 Å². The first kappa shape index (κ1) is 13.3. The van der Waals surface area contributed by atoms with Crippen molar-refractivity contribution in [3.8, 4) is 11.3 Å². The molecular formula is C15H16BrNOS. The van der Waals surface area contributed by atoms with Crippen molar-refractivity contribution < 1.29 is 5.11 Å². The molecule has 19 heavy (non-hydrogen) atoms. The second-order valence-electron chi connectivity index (χ2n) is 5.42. The minimum absolute atomic E-state index is 0.140. The topological polar surface area (TPSA) is 33.1 Å². The number of aromatic nitrogens is 1. The summed E-state index contributed by atoms with van der Waals surface area (Å²) < 4.78 is 1.08. The molecule has 0 radical (unpaired) electrons. The number of aliphatic hydroxyl groups excluding tert-OH is 1. The highest BCUT2D eigenvalue weighted by molar-refractivity contribution is 9.10. The molecule has 2 nitrogen and oxygen atoms in total. The lowest BCUT2D eigenvalue weighted by molar-refractivity contribution is 0.211. The van der Waals surface area contributed by atoms with Gasteiger partial charge in [0.25, 0.3) is 0 Å². The van der Waals surface area contributed by atoms with Crippen LogP contribution >= 0.6 is 27.3 Å². The summed E-state index contributed by atoms with van der Waals surface area (Å²) in [5.74, 6) is 0. The molecule has 0 atom stereocenters. The maximum atomic E-state index is 9.39. The smallest absolute Gasteiger partial charge is 0.0939 e. The third-order valence-corrected chi connectivity index (χ3v) is 5.19. The van der Waals surface area contributed by atoms with Crippen LogP contribution < -0.4 is 0 Å². The van der Waals surface area contributed by atoms with Crippen LogP contribution in [0.25, 0.3) is 11.3 Å². The van der Waals surface area contributed by atoms with Crippen LogP contribution in [0.15, 0.2) is 28.1 Å². The van der Waals surface area contributed by atoms with E-state index in [9.17, 15) is 5.11 Å². The Morgan fingerprint density at radius 2 is 2.21 bits per heavy atom. The van der Waals surface area contributed by atoms with Crippen LogP contribution in [0.3, 0.4) is 0 Å². The molecule has 1 fully saturated rings. The van der Waals surface area contributed by atoms with E-state index in [-0.39, 0.29) is 12.0 Å². The van der Waals surface area contributed by atoms with Crippen molar-refractivity contribution in [2.45, 2.75) is 26.2 Å². The van der Waals surface area contributed by atoms with Gasteiger partial charge in [0.05, 0.1) is 10.7 Å². The largest absolute Gasteiger partial charge is 0.396 e. The molecule has 1 N–H and O–H groups in total. The summed E-state index contributed by atoms with van der Waals surface area (Å²) in [4.78, 5) is 4.74. The Balaban J connectivity index is 1.86. The van der Waals surface area contributed by atoms with E-state index >= 15 is 0 Å². The van der Waals surface area contributed by atoms with Crippen LogP contribution in [0.4, 0.5) is 0 Å². The summed E-state index contributed by atoms with van der Waals surface area (Å²) in [7, 11) is 0. The Morgan fingerprint density at radius 3 is 2.89 bits per heavy atom. The molecule has 0 spiro atoms. The van der Waals surface area contributed by atoms with Crippen LogP contribution in [0.1, 0.15) is 23.4 Å². The molecule has 0 amide bonds. The first-order valence-corrected chi connectivity index (χ1v) is 8.11. The number of nitrogens with zero attached hydrogens (tertiary/aromatic N) is 1. The predicted molar refractivity (Wildman–Crippen MR) is 82.4 cm³/mol. The molecule has 0 saturated heterocycles. The fourth-order valence-corrected chi connectivity index (χ4v) is 3.60. The summed E-state index contributed by atoms with van der Waals surface area (Å²) in [6.45, 7) is 2.40. The monoisotopic (exact) mass is 337 g/mol. The average molecular weight is 338 g/mol. The Labute approximate surface area is 125 Å². The SMILES string of the molecule is Cc1ccc(Br)cc1-c1csc(CC2(CO)CC2)n1. The fraction of sp³-hybridized carbons (Fsp3) is 0.400. The van der Waals surface area contributed by atoms with Crippen LogP contribution in [-0.2, 0) is 6.42 Å². The molecule has 1 saturated carbocycles. The molecule has 1 aliphatic carbocycles. The normalized spacial score (nSPS) is 16.6. The van der Waals surface area contributed by atoms with Crippen molar-refractivity contribution in [3.05, 3.63) is 38.6 Å². The van der Waals surface area contributed by atoms with Gasteiger partial charge in [-0.15, -0.1) is 11.3 Å². The summed E-state index contributed by atoms with van der Waals surface area (Å²) >= 11 is 5.22. The van der Waals surface area contributed by atoms with Crippen molar-refractivity contribution >= 4 is 27.3 Å². The lowest BCUT2D eigenvalue weighted by Gasteiger charge is -2.08. The Bertz CT molecular complexity index is 604. The highest BCUT2D eigenvalue weighted by atomic mass is 79.9. The van der Waals surface area contributed by atoms with Gasteiger partial charge in [-0.1, -0.05) is 22.0 Å². The molecule has 1 aromatic carbocycles. The number of rotatable bonds is 4. The molecular weight excluding hydrogens is 322 g/mol. The lowest BCUT2D eigenvalue weighted by atomic mass is 10.0. The minimum atomic E-state index is 0.140. The van der Waals surface area contributed by atoms with E-state index in [1.807, 2.05) is 0 Å². The van der Waals surface area contributed by atoms with Gasteiger partial charge in [0, 0.05) is 28.4 Å². The second kappa shape index (κ2) is 5.00. The predicted octanol–water partition coefficient (Wildman–Crippen LogP) is 4.20. The third kappa shape index (κ3) is 2.76. The molecule has 3 rings (SSSR count).